The van der Waals surface area contributed by atoms with Crippen LogP contribution in [0.1, 0.15) is 17.5 Å². The molecule has 0 aromatic heterocycles. The van der Waals surface area contributed by atoms with Crippen LogP contribution < -0.4 is 0 Å². The molecule has 2 aromatic rings. The summed E-state index contributed by atoms with van der Waals surface area (Å²) in [6.07, 6.45) is 6.68. The summed E-state index contributed by atoms with van der Waals surface area (Å²) in [4.78, 5) is 0. The molecule has 0 heteroatoms. The standard InChI is InChI=1S/C18H16/c1-3-7-15(8-4-1)13-16-11-12-18(14-16)17-9-5-2-6-10-17/h1-12H,13-14H2. The predicted molar refractivity (Wildman–Crippen MR) is 77.3 cm³/mol. The lowest BCUT2D eigenvalue weighted by Crippen LogP contribution is -1.89. The van der Waals surface area contributed by atoms with Crippen LogP contribution in [0, 0.1) is 0 Å². The van der Waals surface area contributed by atoms with Crippen molar-refractivity contribution in [1.82, 2.24) is 0 Å². The predicted octanol–water partition coefficient (Wildman–Crippen LogP) is 4.64. The second-order valence-corrected chi connectivity index (χ2v) is 4.72. The van der Waals surface area contributed by atoms with Crippen molar-refractivity contribution in [2.75, 3.05) is 0 Å². The average Bonchev–Trinajstić information content (AvgIpc) is 2.89. The number of hydrogen-bond donors (Lipinski definition) is 0. The molecule has 0 bridgehead atoms. The van der Waals surface area contributed by atoms with Crippen LogP contribution in [0.15, 0.2) is 78.4 Å². The summed E-state index contributed by atoms with van der Waals surface area (Å²) >= 11 is 0. The molecule has 0 saturated carbocycles. The van der Waals surface area contributed by atoms with Gasteiger partial charge in [-0.2, -0.15) is 0 Å². The normalized spacial score (nSPS) is 14.2. The fourth-order valence-electron chi connectivity index (χ4n) is 2.41. The van der Waals surface area contributed by atoms with E-state index in [0.29, 0.717) is 0 Å². The summed E-state index contributed by atoms with van der Waals surface area (Å²) < 4.78 is 0. The maximum Gasteiger partial charge on any atom is -0.00547 e. The zero-order valence-corrected chi connectivity index (χ0v) is 10.3. The molecule has 0 N–H and O–H groups in total. The Kier molecular flexibility index (Phi) is 3.10. The molecule has 0 spiro atoms. The molecule has 0 nitrogen and oxygen atoms in total. The smallest absolute Gasteiger partial charge is 0.00547 e. The van der Waals surface area contributed by atoms with Crippen LogP contribution >= 0.6 is 0 Å². The quantitative estimate of drug-likeness (QED) is 0.723. The van der Waals surface area contributed by atoms with Crippen molar-refractivity contribution in [2.45, 2.75) is 12.8 Å². The number of rotatable bonds is 3. The molecule has 1 aliphatic rings. The van der Waals surface area contributed by atoms with Gasteiger partial charge in [-0.1, -0.05) is 78.4 Å². The number of hydrogen-bond acceptors (Lipinski definition) is 0. The van der Waals surface area contributed by atoms with Gasteiger partial charge in [0.15, 0.2) is 0 Å². The Hall–Kier alpha value is -2.08. The highest BCUT2D eigenvalue weighted by atomic mass is 14.1. The summed E-state index contributed by atoms with van der Waals surface area (Å²) in [6, 6.07) is 21.3. The molecule has 0 fully saturated rings. The molecule has 1 aliphatic carbocycles. The van der Waals surface area contributed by atoms with Gasteiger partial charge in [-0.15, -0.1) is 0 Å². The van der Waals surface area contributed by atoms with Crippen molar-refractivity contribution in [1.29, 1.82) is 0 Å². The van der Waals surface area contributed by atoms with Gasteiger partial charge in [0.1, 0.15) is 0 Å². The van der Waals surface area contributed by atoms with Crippen molar-refractivity contribution in [3.63, 3.8) is 0 Å². The molecule has 88 valence electrons. The van der Waals surface area contributed by atoms with E-state index >= 15 is 0 Å². The molecule has 0 unspecified atom stereocenters. The van der Waals surface area contributed by atoms with Crippen LogP contribution in [-0.4, -0.2) is 0 Å². The van der Waals surface area contributed by atoms with Gasteiger partial charge in [-0.05, 0) is 29.5 Å². The summed E-state index contributed by atoms with van der Waals surface area (Å²) in [5, 5.41) is 0. The molecule has 0 atom stereocenters. The fraction of sp³-hybridized carbons (Fsp3) is 0.111. The van der Waals surface area contributed by atoms with Crippen LogP contribution in [0.3, 0.4) is 0 Å². The van der Waals surface area contributed by atoms with E-state index in [-0.39, 0.29) is 0 Å². The Morgan fingerprint density at radius 1 is 0.722 bits per heavy atom. The van der Waals surface area contributed by atoms with E-state index in [0.717, 1.165) is 12.8 Å². The monoisotopic (exact) mass is 232 g/mol. The van der Waals surface area contributed by atoms with Crippen molar-refractivity contribution in [3.8, 4) is 0 Å². The topological polar surface area (TPSA) is 0 Å². The minimum absolute atomic E-state index is 1.06. The first kappa shape index (κ1) is 11.0. The molecular formula is C18H16. The summed E-state index contributed by atoms with van der Waals surface area (Å²) in [6.45, 7) is 0. The fourth-order valence-corrected chi connectivity index (χ4v) is 2.41. The number of allylic oxidation sites excluding steroid dienone is 4. The van der Waals surface area contributed by atoms with Gasteiger partial charge < -0.3 is 0 Å². The van der Waals surface area contributed by atoms with E-state index in [1.807, 2.05) is 0 Å². The third-order valence-corrected chi connectivity index (χ3v) is 3.36. The van der Waals surface area contributed by atoms with Crippen molar-refractivity contribution in [2.24, 2.45) is 0 Å². The van der Waals surface area contributed by atoms with E-state index in [1.165, 1.54) is 22.3 Å². The molecule has 3 rings (SSSR count). The molecule has 0 amide bonds. The zero-order valence-electron chi connectivity index (χ0n) is 10.3. The molecule has 0 radical (unpaired) electrons. The Labute approximate surface area is 108 Å². The van der Waals surface area contributed by atoms with Gasteiger partial charge in [0, 0.05) is 0 Å². The van der Waals surface area contributed by atoms with E-state index in [1.54, 1.807) is 0 Å². The molecule has 0 aliphatic heterocycles. The highest BCUT2D eigenvalue weighted by Gasteiger charge is 2.10. The van der Waals surface area contributed by atoms with Gasteiger partial charge in [-0.3, -0.25) is 0 Å². The largest absolute Gasteiger partial charge is 0.0622 e. The van der Waals surface area contributed by atoms with Gasteiger partial charge in [0.25, 0.3) is 0 Å². The van der Waals surface area contributed by atoms with E-state index < -0.39 is 0 Å². The van der Waals surface area contributed by atoms with Crippen LogP contribution in [0.5, 0.6) is 0 Å². The van der Waals surface area contributed by atoms with Gasteiger partial charge in [0.05, 0.1) is 0 Å². The van der Waals surface area contributed by atoms with E-state index in [2.05, 4.69) is 72.8 Å². The van der Waals surface area contributed by atoms with Gasteiger partial charge in [0.2, 0.25) is 0 Å². The Morgan fingerprint density at radius 2 is 1.39 bits per heavy atom. The van der Waals surface area contributed by atoms with Crippen LogP contribution in [0.2, 0.25) is 0 Å². The third kappa shape index (κ3) is 2.43. The van der Waals surface area contributed by atoms with Crippen LogP contribution in [0.25, 0.3) is 5.57 Å². The highest BCUT2D eigenvalue weighted by Crippen LogP contribution is 2.29. The van der Waals surface area contributed by atoms with E-state index in [4.69, 9.17) is 0 Å². The molecular weight excluding hydrogens is 216 g/mol. The summed E-state index contributed by atoms with van der Waals surface area (Å²) in [7, 11) is 0. The third-order valence-electron chi connectivity index (χ3n) is 3.36. The van der Waals surface area contributed by atoms with Crippen molar-refractivity contribution < 1.29 is 0 Å². The summed E-state index contributed by atoms with van der Waals surface area (Å²) in [5.41, 5.74) is 5.67. The molecule has 0 saturated heterocycles. The average molecular weight is 232 g/mol. The zero-order chi connectivity index (χ0) is 12.2. The second-order valence-electron chi connectivity index (χ2n) is 4.72. The summed E-state index contributed by atoms with van der Waals surface area (Å²) in [5.74, 6) is 0. The Bertz CT molecular complexity index is 574. The maximum atomic E-state index is 2.27. The first-order chi connectivity index (χ1) is 8.92. The number of benzene rings is 2. The highest BCUT2D eigenvalue weighted by molar-refractivity contribution is 5.72. The van der Waals surface area contributed by atoms with Crippen molar-refractivity contribution in [3.05, 3.63) is 89.5 Å². The van der Waals surface area contributed by atoms with Gasteiger partial charge in [-0.25, -0.2) is 0 Å². The lowest BCUT2D eigenvalue weighted by Gasteiger charge is -2.06. The molecule has 0 heterocycles. The minimum Gasteiger partial charge on any atom is -0.0622 e. The van der Waals surface area contributed by atoms with Crippen molar-refractivity contribution >= 4 is 5.57 Å². The first-order valence-corrected chi connectivity index (χ1v) is 6.40. The van der Waals surface area contributed by atoms with E-state index in [9.17, 15) is 0 Å². The first-order valence-electron chi connectivity index (χ1n) is 6.40. The lowest BCUT2D eigenvalue weighted by molar-refractivity contribution is 1.09. The Balaban J connectivity index is 1.68. The lowest BCUT2D eigenvalue weighted by atomic mass is 9.99. The minimum atomic E-state index is 1.06. The van der Waals surface area contributed by atoms with Crippen LogP contribution in [0.4, 0.5) is 0 Å². The van der Waals surface area contributed by atoms with Gasteiger partial charge >= 0.3 is 0 Å². The Morgan fingerprint density at radius 3 is 2.11 bits per heavy atom. The SMILES string of the molecule is C1=C(Cc2ccccc2)CC(c2ccccc2)=C1. The molecule has 2 aromatic carbocycles. The maximum absolute atomic E-state index is 2.27. The van der Waals surface area contributed by atoms with Crippen LogP contribution in [-0.2, 0) is 6.42 Å². The second kappa shape index (κ2) is 5.05. The molecule has 18 heavy (non-hydrogen) atoms.